The van der Waals surface area contributed by atoms with E-state index >= 15 is 0 Å². The molecule has 3 aliphatic rings. The summed E-state index contributed by atoms with van der Waals surface area (Å²) in [6, 6.07) is 8.37. The Morgan fingerprint density at radius 3 is 2.44 bits per heavy atom. The molecule has 1 fully saturated rings. The van der Waals surface area contributed by atoms with Crippen molar-refractivity contribution in [2.24, 2.45) is 28.6 Å². The van der Waals surface area contributed by atoms with Gasteiger partial charge in [-0.15, -0.1) is 0 Å². The number of hydrogen-bond acceptors (Lipinski definition) is 4. The number of para-hydroxylation sites is 1. The van der Waals surface area contributed by atoms with Crippen molar-refractivity contribution in [1.82, 2.24) is 0 Å². The van der Waals surface area contributed by atoms with E-state index in [0.29, 0.717) is 22.7 Å². The van der Waals surface area contributed by atoms with Gasteiger partial charge in [0, 0.05) is 0 Å². The molecule has 0 radical (unpaired) electrons. The average molecular weight is 571 g/mol. The van der Waals surface area contributed by atoms with Gasteiger partial charge >= 0.3 is 217 Å². The third kappa shape index (κ3) is 8.21. The second-order valence-corrected chi connectivity index (χ2v) is 15.4. The average Bonchev–Trinajstić information content (AvgIpc) is 2.80. The number of allylic oxidation sites excluding steroid dienone is 2. The molecule has 6 atom stereocenters. The van der Waals surface area contributed by atoms with E-state index in [2.05, 4.69) is 78.0 Å². The maximum Gasteiger partial charge on any atom is 0.394 e. The molecule has 6 nitrogen and oxygen atoms in total. The van der Waals surface area contributed by atoms with E-state index in [1.807, 2.05) is 0 Å². The Bertz CT molecular complexity index is 1170. The van der Waals surface area contributed by atoms with Crippen molar-refractivity contribution in [1.29, 1.82) is 0 Å². The standard InChI is InChI=1S/C31H45O2.Na.H2O4S/c1-22-14-15-28-29(3,4)17-10-19-31(28,6)25(22)21-26(32)23(2)11-9-18-30(5)20-16-24-12-7-8-13-27(24)33-30;;1-5(2,3)4/h7-8,12-14,16,23,25-26,28,32H,9-11,15,17-19,21H2,1-6H3;;(H2,1,2,3,4). The van der Waals surface area contributed by atoms with E-state index in [4.69, 9.17) is 22.3 Å². The van der Waals surface area contributed by atoms with Crippen molar-refractivity contribution in [3.05, 3.63) is 44.3 Å². The van der Waals surface area contributed by atoms with Crippen LogP contribution >= 0.6 is 0 Å². The second-order valence-electron chi connectivity index (χ2n) is 13.5. The molecule has 0 saturated heterocycles. The van der Waals surface area contributed by atoms with Crippen LogP contribution in [0, 0.1) is 28.6 Å². The van der Waals surface area contributed by atoms with Gasteiger partial charge in [-0.3, -0.25) is 9.11 Å². The number of benzene rings is 1. The van der Waals surface area contributed by atoms with Crippen molar-refractivity contribution in [2.75, 3.05) is 0 Å². The third-order valence-electron chi connectivity index (χ3n) is 10.2. The van der Waals surface area contributed by atoms with Crippen LogP contribution in [-0.4, -0.2) is 62.3 Å². The molecule has 0 aromatic heterocycles. The normalized spacial score (nSPS) is 31.3. The van der Waals surface area contributed by atoms with E-state index in [0.717, 1.165) is 65.3 Å². The Morgan fingerprint density at radius 2 is 1.77 bits per heavy atom. The summed E-state index contributed by atoms with van der Waals surface area (Å²) in [6.45, 7) is 14.3. The summed E-state index contributed by atoms with van der Waals surface area (Å²) in [5.74, 6) is 2.56. The Balaban J connectivity index is 0.000000771. The van der Waals surface area contributed by atoms with Gasteiger partial charge in [-0.1, -0.05) is 13.8 Å². The molecule has 1 aliphatic heterocycles. The van der Waals surface area contributed by atoms with E-state index < -0.39 is 10.4 Å². The molecule has 3 N–H and O–H groups in total. The van der Waals surface area contributed by atoms with Crippen molar-refractivity contribution in [2.45, 2.75) is 105 Å². The van der Waals surface area contributed by atoms with Gasteiger partial charge in [0.15, 0.2) is 0 Å². The van der Waals surface area contributed by atoms with Gasteiger partial charge < -0.3 is 0 Å². The van der Waals surface area contributed by atoms with Crippen LogP contribution in [0.4, 0.5) is 0 Å². The second kappa shape index (κ2) is 12.7. The van der Waals surface area contributed by atoms with Crippen LogP contribution in [0.25, 0.3) is 6.08 Å². The van der Waals surface area contributed by atoms with Crippen molar-refractivity contribution < 1.29 is 27.4 Å². The number of rotatable bonds is 7. The van der Waals surface area contributed by atoms with Crippen LogP contribution in [-0.2, 0) is 10.4 Å². The summed E-state index contributed by atoms with van der Waals surface area (Å²) in [6.07, 6.45) is 13.9. The first-order valence-corrected chi connectivity index (χ1v) is 16.9. The molecule has 1 aromatic carbocycles. The fourth-order valence-corrected chi connectivity index (χ4v) is 8.33. The molecule has 39 heavy (non-hydrogen) atoms. The fourth-order valence-electron chi connectivity index (χ4n) is 7.67. The number of hydrogen-bond donors (Lipinski definition) is 3. The summed E-state index contributed by atoms with van der Waals surface area (Å²) in [7, 11) is -4.67. The van der Waals surface area contributed by atoms with Gasteiger partial charge in [-0.25, -0.2) is 0 Å². The van der Waals surface area contributed by atoms with Crippen LogP contribution < -0.4 is 4.74 Å². The van der Waals surface area contributed by atoms with Gasteiger partial charge in [0.2, 0.25) is 0 Å². The first kappa shape index (κ1) is 32.8. The molecular formula is C31H47NaO6S. The van der Waals surface area contributed by atoms with Gasteiger partial charge in [-0.2, -0.15) is 8.42 Å². The van der Waals surface area contributed by atoms with Crippen molar-refractivity contribution in [3.63, 3.8) is 0 Å². The molecule has 6 unspecified atom stereocenters. The Hall–Kier alpha value is -0.670. The van der Waals surface area contributed by atoms with E-state index in [9.17, 15) is 5.11 Å². The molecule has 4 rings (SSSR count). The first-order valence-electron chi connectivity index (χ1n) is 14.5. The molecular weight excluding hydrogens is 523 g/mol. The molecule has 1 heterocycles. The molecule has 8 heteroatoms. The largest absolute Gasteiger partial charge is 0.394 e. The minimum Gasteiger partial charge on any atom is -0.264 e. The number of fused-ring (bicyclic) bond motifs is 2. The van der Waals surface area contributed by atoms with Crippen LogP contribution in [0.1, 0.15) is 98.5 Å². The van der Waals surface area contributed by atoms with E-state index in [1.165, 1.54) is 39.6 Å². The summed E-state index contributed by atoms with van der Waals surface area (Å²) >= 11 is 1.01. The smallest absolute Gasteiger partial charge is 0.264 e. The predicted octanol–water partition coefficient (Wildman–Crippen LogP) is 7.05. The fraction of sp³-hybridized carbons (Fsp3) is 0.677. The summed E-state index contributed by atoms with van der Waals surface area (Å²) < 4.78 is 39.5. The van der Waals surface area contributed by atoms with Crippen LogP contribution in [0.3, 0.4) is 0 Å². The zero-order valence-electron chi connectivity index (χ0n) is 24.9. The van der Waals surface area contributed by atoms with Gasteiger partial charge in [0.1, 0.15) is 0 Å². The van der Waals surface area contributed by atoms with E-state index in [-0.39, 0.29) is 11.7 Å². The molecule has 214 valence electrons. The quantitative estimate of drug-likeness (QED) is 0.184. The molecule has 0 bridgehead atoms. The Kier molecular flexibility index (Phi) is 10.7. The summed E-state index contributed by atoms with van der Waals surface area (Å²) in [5.41, 5.74) is 3.27. The minimum absolute atomic E-state index is 0.192. The molecule has 1 aromatic rings. The van der Waals surface area contributed by atoms with Gasteiger partial charge in [0.25, 0.3) is 0 Å². The van der Waals surface area contributed by atoms with E-state index in [1.54, 1.807) is 0 Å². The molecule has 0 spiro atoms. The summed E-state index contributed by atoms with van der Waals surface area (Å²) in [5, 5.41) is 11.3. The SMILES string of the molecule is CC1=CCC2C(C)(C)CCCC2(C)C1CC(O)C(C)CCCC1(C)Oc2ccccc2C=[C]1[Na].O=S(=O)(O)O. The zero-order chi connectivity index (χ0) is 29.2. The maximum absolute atomic E-state index is 11.3. The number of aliphatic hydroxyl groups excluding tert-OH is 1. The predicted molar refractivity (Wildman–Crippen MR) is 158 cm³/mol. The van der Waals surface area contributed by atoms with Crippen LogP contribution in [0.15, 0.2) is 38.7 Å². The minimum atomic E-state index is -4.67. The topological polar surface area (TPSA) is 104 Å². The van der Waals surface area contributed by atoms with Crippen molar-refractivity contribution >= 4 is 44.4 Å². The van der Waals surface area contributed by atoms with Gasteiger partial charge in [0.05, 0.1) is 0 Å². The van der Waals surface area contributed by atoms with Gasteiger partial charge in [-0.05, 0) is 6.42 Å². The first-order chi connectivity index (χ1) is 18.0. The Labute approximate surface area is 253 Å². The Morgan fingerprint density at radius 1 is 1.13 bits per heavy atom. The maximum atomic E-state index is 11.3. The van der Waals surface area contributed by atoms with Crippen molar-refractivity contribution in [3.8, 4) is 5.75 Å². The molecule has 1 saturated carbocycles. The van der Waals surface area contributed by atoms with Crippen LogP contribution in [0.5, 0.6) is 5.75 Å². The monoisotopic (exact) mass is 570 g/mol. The molecule has 2 aliphatic carbocycles. The zero-order valence-corrected chi connectivity index (χ0v) is 27.7. The third-order valence-corrected chi connectivity index (χ3v) is 11.6. The molecule has 0 amide bonds. The number of aliphatic hydroxyl groups is 1. The number of ether oxygens (including phenoxy) is 1. The van der Waals surface area contributed by atoms with Crippen LogP contribution in [0.2, 0.25) is 0 Å². The summed E-state index contributed by atoms with van der Waals surface area (Å²) in [4.78, 5) is 0.